The summed E-state index contributed by atoms with van der Waals surface area (Å²) in [5.74, 6) is 1.54. The van der Waals surface area contributed by atoms with E-state index in [2.05, 4.69) is 10.9 Å². The van der Waals surface area contributed by atoms with Crippen molar-refractivity contribution >= 4 is 43.3 Å². The van der Waals surface area contributed by atoms with Gasteiger partial charge in [-0.15, -0.1) is 6.42 Å². The van der Waals surface area contributed by atoms with Gasteiger partial charge < -0.3 is 9.30 Å². The number of fused-ring (bicyclic) bond motifs is 1. The van der Waals surface area contributed by atoms with Crippen molar-refractivity contribution in [2.45, 2.75) is 31.2 Å². The monoisotopic (exact) mass is 470 g/mol. The van der Waals surface area contributed by atoms with E-state index in [0.29, 0.717) is 10.4 Å². The maximum absolute atomic E-state index is 12.4. The standard InChI is InChI=1S/C23H22N2O5S2/c1-3-14-25-19-13-12-17(22(27)30-4-2)16-20(19)31-23(25)24-21(26)11-8-15-32(28,29)18-9-6-5-7-10-18/h1,5-7,9-10,12-13,16H,4,8,11,14-15H2,2H3. The highest BCUT2D eigenvalue weighted by atomic mass is 32.2. The number of carbonyl (C=O) groups excluding carboxylic acids is 2. The summed E-state index contributed by atoms with van der Waals surface area (Å²) in [4.78, 5) is 29.2. The summed E-state index contributed by atoms with van der Waals surface area (Å²) in [7, 11) is -3.45. The fraction of sp³-hybridized carbons (Fsp3) is 0.261. The van der Waals surface area contributed by atoms with E-state index in [4.69, 9.17) is 11.2 Å². The molecule has 0 atom stereocenters. The summed E-state index contributed by atoms with van der Waals surface area (Å²) < 4.78 is 32.2. The molecule has 0 unspecified atom stereocenters. The Morgan fingerprint density at radius 1 is 1.19 bits per heavy atom. The van der Waals surface area contributed by atoms with E-state index in [9.17, 15) is 18.0 Å². The van der Waals surface area contributed by atoms with Gasteiger partial charge in [0.2, 0.25) is 5.91 Å². The lowest BCUT2D eigenvalue weighted by Gasteiger charge is -2.03. The number of rotatable bonds is 8. The molecule has 1 amide bonds. The van der Waals surface area contributed by atoms with Crippen molar-refractivity contribution in [3.8, 4) is 12.3 Å². The molecule has 1 aromatic heterocycles. The number of amides is 1. The SMILES string of the molecule is C#CCn1c(=NC(=O)CCCS(=O)(=O)c2ccccc2)sc2cc(C(=O)OCC)ccc21. The highest BCUT2D eigenvalue weighted by Crippen LogP contribution is 2.20. The fourth-order valence-corrected chi connectivity index (χ4v) is 5.48. The molecular formula is C23H22N2O5S2. The number of hydrogen-bond acceptors (Lipinski definition) is 6. The van der Waals surface area contributed by atoms with Gasteiger partial charge in [-0.25, -0.2) is 13.2 Å². The van der Waals surface area contributed by atoms with Crippen LogP contribution in [0.1, 0.15) is 30.1 Å². The Kier molecular flexibility index (Phi) is 7.62. The van der Waals surface area contributed by atoms with E-state index >= 15 is 0 Å². The van der Waals surface area contributed by atoms with Crippen LogP contribution in [-0.2, 0) is 25.9 Å². The third kappa shape index (κ3) is 5.52. The Bertz CT molecular complexity index is 1350. The highest BCUT2D eigenvalue weighted by molar-refractivity contribution is 7.91. The molecule has 0 saturated carbocycles. The van der Waals surface area contributed by atoms with Crippen molar-refractivity contribution in [2.75, 3.05) is 12.4 Å². The van der Waals surface area contributed by atoms with Crippen molar-refractivity contribution in [1.29, 1.82) is 0 Å². The number of thiazole rings is 1. The molecule has 0 bridgehead atoms. The molecule has 0 aliphatic heterocycles. The maximum atomic E-state index is 12.4. The third-order valence-electron chi connectivity index (χ3n) is 4.57. The lowest BCUT2D eigenvalue weighted by atomic mass is 10.2. The minimum Gasteiger partial charge on any atom is -0.462 e. The van der Waals surface area contributed by atoms with E-state index in [1.807, 2.05) is 0 Å². The summed E-state index contributed by atoms with van der Waals surface area (Å²) in [5.41, 5.74) is 1.15. The quantitative estimate of drug-likeness (QED) is 0.372. The van der Waals surface area contributed by atoms with Crippen LogP contribution in [-0.4, -0.2) is 37.2 Å². The average Bonchev–Trinajstić information content (AvgIpc) is 3.10. The summed E-state index contributed by atoms with van der Waals surface area (Å²) in [6, 6.07) is 13.2. The zero-order valence-electron chi connectivity index (χ0n) is 17.5. The number of esters is 1. The van der Waals surface area contributed by atoms with Crippen LogP contribution in [0.3, 0.4) is 0 Å². The molecule has 0 spiro atoms. The largest absolute Gasteiger partial charge is 0.462 e. The summed E-state index contributed by atoms with van der Waals surface area (Å²) in [6.45, 7) is 2.21. The Hall–Kier alpha value is -3.22. The van der Waals surface area contributed by atoms with Crippen LogP contribution in [0.4, 0.5) is 0 Å². The van der Waals surface area contributed by atoms with E-state index in [-0.39, 0.29) is 36.6 Å². The molecule has 0 fully saturated rings. The Morgan fingerprint density at radius 3 is 2.62 bits per heavy atom. The molecule has 9 heteroatoms. The van der Waals surface area contributed by atoms with E-state index < -0.39 is 21.7 Å². The van der Waals surface area contributed by atoms with Crippen LogP contribution in [0.15, 0.2) is 58.4 Å². The number of ether oxygens (including phenoxy) is 1. The third-order valence-corrected chi connectivity index (χ3v) is 7.43. The van der Waals surface area contributed by atoms with Gasteiger partial charge in [0.15, 0.2) is 14.6 Å². The van der Waals surface area contributed by atoms with Gasteiger partial charge in [-0.3, -0.25) is 4.79 Å². The van der Waals surface area contributed by atoms with Crippen molar-refractivity contribution in [3.63, 3.8) is 0 Å². The molecule has 3 aromatic rings. The second-order valence-corrected chi connectivity index (χ2v) is 9.94. The molecule has 166 valence electrons. The lowest BCUT2D eigenvalue weighted by Crippen LogP contribution is -2.17. The number of benzene rings is 2. The predicted molar refractivity (Wildman–Crippen MR) is 123 cm³/mol. The minimum atomic E-state index is -3.45. The van der Waals surface area contributed by atoms with E-state index in [0.717, 1.165) is 10.2 Å². The number of aromatic nitrogens is 1. The zero-order valence-corrected chi connectivity index (χ0v) is 19.1. The fourth-order valence-electron chi connectivity index (χ4n) is 3.07. The van der Waals surface area contributed by atoms with Crippen molar-refractivity contribution in [3.05, 3.63) is 58.9 Å². The molecule has 0 N–H and O–H groups in total. The molecular weight excluding hydrogens is 448 g/mol. The Morgan fingerprint density at radius 2 is 1.94 bits per heavy atom. The molecule has 1 heterocycles. The molecule has 7 nitrogen and oxygen atoms in total. The molecule has 0 radical (unpaired) electrons. The number of carbonyl (C=O) groups is 2. The molecule has 2 aromatic carbocycles. The second kappa shape index (κ2) is 10.4. The number of hydrogen-bond donors (Lipinski definition) is 0. The minimum absolute atomic E-state index is 0.00949. The van der Waals surface area contributed by atoms with E-state index in [1.54, 1.807) is 47.9 Å². The zero-order chi connectivity index (χ0) is 23.1. The number of nitrogens with zero attached hydrogens (tertiary/aromatic N) is 2. The summed E-state index contributed by atoms with van der Waals surface area (Å²) >= 11 is 1.23. The smallest absolute Gasteiger partial charge is 0.338 e. The number of terminal acetylenes is 1. The van der Waals surface area contributed by atoms with Gasteiger partial charge in [-0.05, 0) is 43.7 Å². The molecule has 32 heavy (non-hydrogen) atoms. The van der Waals surface area contributed by atoms with Crippen LogP contribution in [0.25, 0.3) is 10.2 Å². The lowest BCUT2D eigenvalue weighted by molar-refractivity contribution is -0.118. The van der Waals surface area contributed by atoms with Gasteiger partial charge in [0.05, 0.1) is 39.6 Å². The first-order valence-electron chi connectivity index (χ1n) is 9.95. The molecule has 0 aliphatic rings. The maximum Gasteiger partial charge on any atom is 0.338 e. The first kappa shape index (κ1) is 23.4. The molecule has 3 rings (SSSR count). The molecule has 0 aliphatic carbocycles. The van der Waals surface area contributed by atoms with E-state index in [1.165, 1.54) is 23.5 Å². The van der Waals surface area contributed by atoms with Gasteiger partial charge in [0.1, 0.15) is 0 Å². The van der Waals surface area contributed by atoms with Gasteiger partial charge in [0, 0.05) is 6.42 Å². The Balaban J connectivity index is 1.80. The van der Waals surface area contributed by atoms with Gasteiger partial charge in [-0.1, -0.05) is 35.5 Å². The normalized spacial score (nSPS) is 11.9. The summed E-state index contributed by atoms with van der Waals surface area (Å²) in [6.07, 6.45) is 5.63. The highest BCUT2D eigenvalue weighted by Gasteiger charge is 2.15. The summed E-state index contributed by atoms with van der Waals surface area (Å²) in [5, 5.41) is 0. The molecule has 0 saturated heterocycles. The van der Waals surface area contributed by atoms with Crippen LogP contribution < -0.4 is 4.80 Å². The van der Waals surface area contributed by atoms with Crippen LogP contribution in [0.2, 0.25) is 0 Å². The average molecular weight is 471 g/mol. The van der Waals surface area contributed by atoms with Crippen molar-refractivity contribution in [1.82, 2.24) is 4.57 Å². The number of sulfone groups is 1. The Labute approximate surface area is 190 Å². The van der Waals surface area contributed by atoms with Crippen molar-refractivity contribution in [2.24, 2.45) is 4.99 Å². The van der Waals surface area contributed by atoms with Crippen LogP contribution in [0.5, 0.6) is 0 Å². The van der Waals surface area contributed by atoms with Crippen LogP contribution in [0, 0.1) is 12.3 Å². The first-order valence-corrected chi connectivity index (χ1v) is 12.4. The topological polar surface area (TPSA) is 94.8 Å². The predicted octanol–water partition coefficient (Wildman–Crippen LogP) is 3.19. The van der Waals surface area contributed by atoms with Gasteiger partial charge in [-0.2, -0.15) is 4.99 Å². The first-order chi connectivity index (χ1) is 15.4. The van der Waals surface area contributed by atoms with Gasteiger partial charge in [0.25, 0.3) is 0 Å². The van der Waals surface area contributed by atoms with Crippen LogP contribution >= 0.6 is 11.3 Å². The second-order valence-electron chi connectivity index (χ2n) is 6.82. The van der Waals surface area contributed by atoms with Crippen molar-refractivity contribution < 1.29 is 22.7 Å². The van der Waals surface area contributed by atoms with Gasteiger partial charge >= 0.3 is 5.97 Å².